The van der Waals surface area contributed by atoms with Gasteiger partial charge in [0.25, 0.3) is 0 Å². The van der Waals surface area contributed by atoms with Crippen LogP contribution in [0.25, 0.3) is 0 Å². The highest BCUT2D eigenvalue weighted by Crippen LogP contribution is 2.35. The highest BCUT2D eigenvalue weighted by molar-refractivity contribution is 5.86. The van der Waals surface area contributed by atoms with Gasteiger partial charge < -0.3 is 15.0 Å². The molecule has 0 spiro atoms. The van der Waals surface area contributed by atoms with Crippen molar-refractivity contribution >= 4 is 11.6 Å². The summed E-state index contributed by atoms with van der Waals surface area (Å²) >= 11 is 0. The van der Waals surface area contributed by atoms with Gasteiger partial charge >= 0.3 is 0 Å². The molecule has 2 aliphatic heterocycles. The minimum Gasteiger partial charge on any atom is -0.382 e. The number of nitrogens with zero attached hydrogens (tertiary/aromatic N) is 1. The molecule has 0 bridgehead atoms. The second kappa shape index (κ2) is 6.06. The molecular weight excluding hydrogens is 264 g/mol. The molecule has 114 valence electrons. The van der Waals surface area contributed by atoms with Gasteiger partial charge in [0.05, 0.1) is 12.0 Å². The molecule has 0 saturated carbocycles. The topological polar surface area (TPSA) is 41.6 Å². The molecule has 1 amide bonds. The highest BCUT2D eigenvalue weighted by atomic mass is 16.5. The SMILES string of the molecule is CC1CC(C(=O)N2CCCOC(C)C2)c2ccccc2N1. The standard InChI is InChI=1S/C17H24N2O2/c1-12-10-15(14-6-3-4-7-16(14)18-12)17(20)19-8-5-9-21-13(2)11-19/h3-4,6-7,12-13,15,18H,5,8-11H2,1-2H3. The van der Waals surface area contributed by atoms with Crippen molar-refractivity contribution in [2.24, 2.45) is 0 Å². The van der Waals surface area contributed by atoms with Gasteiger partial charge in [0.2, 0.25) is 5.91 Å². The van der Waals surface area contributed by atoms with Crippen molar-refractivity contribution in [3.63, 3.8) is 0 Å². The maximum Gasteiger partial charge on any atom is 0.230 e. The normalized spacial score (nSPS) is 29.2. The number of hydrogen-bond donors (Lipinski definition) is 1. The molecule has 21 heavy (non-hydrogen) atoms. The van der Waals surface area contributed by atoms with E-state index in [1.807, 2.05) is 24.0 Å². The van der Waals surface area contributed by atoms with Gasteiger partial charge in [-0.2, -0.15) is 0 Å². The van der Waals surface area contributed by atoms with Crippen molar-refractivity contribution in [1.82, 2.24) is 4.90 Å². The van der Waals surface area contributed by atoms with Gasteiger partial charge in [0.1, 0.15) is 0 Å². The van der Waals surface area contributed by atoms with Crippen LogP contribution in [-0.2, 0) is 9.53 Å². The Bertz CT molecular complexity index is 517. The number of anilines is 1. The van der Waals surface area contributed by atoms with Crippen molar-refractivity contribution in [2.75, 3.05) is 25.0 Å². The lowest BCUT2D eigenvalue weighted by molar-refractivity contribution is -0.133. The summed E-state index contributed by atoms with van der Waals surface area (Å²) in [4.78, 5) is 15.0. The van der Waals surface area contributed by atoms with E-state index in [1.54, 1.807) is 0 Å². The highest BCUT2D eigenvalue weighted by Gasteiger charge is 2.33. The molecule has 0 aromatic heterocycles. The molecule has 1 fully saturated rings. The Kier molecular flexibility index (Phi) is 4.15. The Labute approximate surface area is 126 Å². The van der Waals surface area contributed by atoms with Crippen molar-refractivity contribution < 1.29 is 9.53 Å². The second-order valence-corrected chi connectivity index (χ2v) is 6.24. The number of ether oxygens (including phenoxy) is 1. The Balaban J connectivity index is 1.84. The number of amides is 1. The number of para-hydroxylation sites is 1. The molecule has 3 unspecified atom stereocenters. The molecule has 3 rings (SSSR count). The molecule has 3 atom stereocenters. The smallest absolute Gasteiger partial charge is 0.230 e. The van der Waals surface area contributed by atoms with Gasteiger partial charge in [0.15, 0.2) is 0 Å². The minimum absolute atomic E-state index is 0.0252. The van der Waals surface area contributed by atoms with Crippen LogP contribution in [0, 0.1) is 0 Å². The van der Waals surface area contributed by atoms with E-state index in [0.29, 0.717) is 12.6 Å². The van der Waals surface area contributed by atoms with Crippen LogP contribution in [0.4, 0.5) is 5.69 Å². The lowest BCUT2D eigenvalue weighted by Crippen LogP contribution is -2.41. The van der Waals surface area contributed by atoms with Crippen molar-refractivity contribution in [1.29, 1.82) is 0 Å². The Morgan fingerprint density at radius 3 is 3.00 bits per heavy atom. The molecular formula is C17H24N2O2. The van der Waals surface area contributed by atoms with Crippen LogP contribution in [0.3, 0.4) is 0 Å². The lowest BCUT2D eigenvalue weighted by atomic mass is 9.86. The third-order valence-electron chi connectivity index (χ3n) is 4.39. The van der Waals surface area contributed by atoms with Crippen LogP contribution in [0.5, 0.6) is 0 Å². The quantitative estimate of drug-likeness (QED) is 0.863. The summed E-state index contributed by atoms with van der Waals surface area (Å²) in [6.45, 7) is 6.46. The first-order chi connectivity index (χ1) is 10.1. The number of carbonyl (C=O) groups is 1. The largest absolute Gasteiger partial charge is 0.382 e. The summed E-state index contributed by atoms with van der Waals surface area (Å²) in [5, 5.41) is 3.47. The van der Waals surface area contributed by atoms with E-state index in [0.717, 1.165) is 37.2 Å². The van der Waals surface area contributed by atoms with Gasteiger partial charge in [-0.05, 0) is 38.3 Å². The second-order valence-electron chi connectivity index (χ2n) is 6.24. The van der Waals surface area contributed by atoms with E-state index in [9.17, 15) is 4.79 Å². The molecule has 1 aromatic rings. The summed E-state index contributed by atoms with van der Waals surface area (Å²) in [6, 6.07) is 8.51. The van der Waals surface area contributed by atoms with Gasteiger partial charge in [-0.3, -0.25) is 4.79 Å². The zero-order chi connectivity index (χ0) is 14.8. The summed E-state index contributed by atoms with van der Waals surface area (Å²) in [5.74, 6) is 0.232. The minimum atomic E-state index is -0.0252. The van der Waals surface area contributed by atoms with E-state index in [4.69, 9.17) is 4.74 Å². The lowest BCUT2D eigenvalue weighted by Gasteiger charge is -2.34. The number of carbonyl (C=O) groups excluding carboxylic acids is 1. The third-order valence-corrected chi connectivity index (χ3v) is 4.39. The third kappa shape index (κ3) is 3.05. The van der Waals surface area contributed by atoms with Crippen LogP contribution < -0.4 is 5.32 Å². The summed E-state index contributed by atoms with van der Waals surface area (Å²) in [5.41, 5.74) is 2.24. The average molecular weight is 288 g/mol. The molecule has 4 heteroatoms. The molecule has 1 aromatic carbocycles. The van der Waals surface area contributed by atoms with E-state index in [1.165, 1.54) is 0 Å². The zero-order valence-corrected chi connectivity index (χ0v) is 12.8. The number of nitrogens with one attached hydrogen (secondary N) is 1. The predicted molar refractivity (Wildman–Crippen MR) is 83.5 cm³/mol. The average Bonchev–Trinajstić information content (AvgIpc) is 2.70. The van der Waals surface area contributed by atoms with Crippen molar-refractivity contribution in [3.05, 3.63) is 29.8 Å². The maximum absolute atomic E-state index is 13.0. The van der Waals surface area contributed by atoms with E-state index < -0.39 is 0 Å². The van der Waals surface area contributed by atoms with E-state index in [-0.39, 0.29) is 17.9 Å². The maximum atomic E-state index is 13.0. The Morgan fingerprint density at radius 2 is 2.14 bits per heavy atom. The van der Waals surface area contributed by atoms with Crippen LogP contribution in [0.1, 0.15) is 38.2 Å². The summed E-state index contributed by atoms with van der Waals surface area (Å²) in [7, 11) is 0. The molecule has 2 aliphatic rings. The van der Waals surface area contributed by atoms with Crippen LogP contribution in [0.2, 0.25) is 0 Å². The first-order valence-corrected chi connectivity index (χ1v) is 7.91. The van der Waals surface area contributed by atoms with Crippen molar-refractivity contribution in [2.45, 2.75) is 44.8 Å². The first kappa shape index (κ1) is 14.4. The van der Waals surface area contributed by atoms with Gasteiger partial charge in [-0.15, -0.1) is 0 Å². The van der Waals surface area contributed by atoms with Gasteiger partial charge in [0, 0.05) is 31.4 Å². The fourth-order valence-corrected chi connectivity index (χ4v) is 3.39. The summed E-state index contributed by atoms with van der Waals surface area (Å²) < 4.78 is 5.65. The molecule has 2 heterocycles. The fourth-order valence-electron chi connectivity index (χ4n) is 3.39. The zero-order valence-electron chi connectivity index (χ0n) is 12.8. The summed E-state index contributed by atoms with van der Waals surface area (Å²) in [6.07, 6.45) is 1.92. The Hall–Kier alpha value is -1.55. The molecule has 1 saturated heterocycles. The van der Waals surface area contributed by atoms with Gasteiger partial charge in [-0.1, -0.05) is 18.2 Å². The predicted octanol–water partition coefficient (Wildman–Crippen LogP) is 2.61. The molecule has 0 aliphatic carbocycles. The number of hydrogen-bond acceptors (Lipinski definition) is 3. The van der Waals surface area contributed by atoms with Crippen molar-refractivity contribution in [3.8, 4) is 0 Å². The fraction of sp³-hybridized carbons (Fsp3) is 0.588. The van der Waals surface area contributed by atoms with E-state index >= 15 is 0 Å². The molecule has 1 N–H and O–H groups in total. The number of rotatable bonds is 1. The number of benzene rings is 1. The van der Waals surface area contributed by atoms with Crippen LogP contribution >= 0.6 is 0 Å². The van der Waals surface area contributed by atoms with Gasteiger partial charge in [-0.25, -0.2) is 0 Å². The monoisotopic (exact) mass is 288 g/mol. The molecule has 4 nitrogen and oxygen atoms in total. The first-order valence-electron chi connectivity index (χ1n) is 7.91. The molecule has 0 radical (unpaired) electrons. The Morgan fingerprint density at radius 1 is 1.33 bits per heavy atom. The van der Waals surface area contributed by atoms with Crippen LogP contribution in [0.15, 0.2) is 24.3 Å². The van der Waals surface area contributed by atoms with Crippen LogP contribution in [-0.4, -0.2) is 42.6 Å². The number of fused-ring (bicyclic) bond motifs is 1. The van der Waals surface area contributed by atoms with E-state index in [2.05, 4.69) is 24.4 Å².